The van der Waals surface area contributed by atoms with Crippen LogP contribution in [0.4, 0.5) is 0 Å². The molecule has 0 fully saturated rings. The third kappa shape index (κ3) is 12.3. The van der Waals surface area contributed by atoms with Gasteiger partial charge in [0, 0.05) is 19.3 Å². The third-order valence-electron chi connectivity index (χ3n) is 3.62. The molecule has 0 saturated carbocycles. The van der Waals surface area contributed by atoms with Crippen LogP contribution in [0.3, 0.4) is 0 Å². The van der Waals surface area contributed by atoms with Gasteiger partial charge in [0.05, 0.1) is 16.1 Å². The first-order valence-electron chi connectivity index (χ1n) is 8.72. The van der Waals surface area contributed by atoms with Crippen molar-refractivity contribution in [2.45, 2.75) is 84.5 Å². The van der Waals surface area contributed by atoms with Crippen LogP contribution in [0, 0.1) is 6.17 Å². The highest BCUT2D eigenvalue weighted by Gasteiger charge is 2.19. The van der Waals surface area contributed by atoms with E-state index in [2.05, 4.69) is 28.4 Å². The molecule has 6 nitrogen and oxygen atoms in total. The Hall–Kier alpha value is -1.11. The number of nitrogens with zero attached hydrogens (tertiary/aromatic N) is 1. The number of unbranched alkanes of at least 4 members (excludes halogenated alkanes) is 6. The van der Waals surface area contributed by atoms with E-state index in [1.54, 1.807) is 6.92 Å². The van der Waals surface area contributed by atoms with Gasteiger partial charge in [0.2, 0.25) is 11.8 Å². The zero-order valence-electron chi connectivity index (χ0n) is 14.8. The molecule has 0 aromatic heterocycles. The molecule has 0 aliphatic rings. The van der Waals surface area contributed by atoms with E-state index in [0.29, 0.717) is 25.4 Å². The first-order valence-corrected chi connectivity index (χ1v) is 9.43. The molecule has 0 aromatic carbocycles. The third-order valence-corrected chi connectivity index (χ3v) is 4.55. The molecule has 2 N–H and O–H groups in total. The standard InChI is InChI=1S/C17H30BrN2O4/c1-3-4-8-12-16(22)20(18)14(2)19-15(21)11-9-6-5-7-10-13-17(23)24/h3-13H2,1-2H3,(H,19,21)(H,23,24). The Morgan fingerprint density at radius 1 is 0.917 bits per heavy atom. The Morgan fingerprint density at radius 3 is 2.04 bits per heavy atom. The average molecular weight is 406 g/mol. The van der Waals surface area contributed by atoms with Crippen LogP contribution in [-0.4, -0.2) is 26.8 Å². The molecule has 0 unspecified atom stereocenters. The molecule has 0 heterocycles. The number of aliphatic carboxylic acids is 1. The molecule has 0 aliphatic carbocycles. The fourth-order valence-corrected chi connectivity index (χ4v) is 2.48. The maximum absolute atomic E-state index is 11.9. The van der Waals surface area contributed by atoms with E-state index in [1.165, 1.54) is 3.93 Å². The molecule has 0 rings (SSSR count). The van der Waals surface area contributed by atoms with E-state index in [4.69, 9.17) is 5.11 Å². The molecule has 2 amide bonds. The number of carbonyl (C=O) groups excluding carboxylic acids is 2. The minimum atomic E-state index is -0.760. The number of carbonyl (C=O) groups is 3. The molecule has 0 saturated heterocycles. The Bertz CT molecular complexity index is 391. The molecule has 1 radical (unpaired) electrons. The summed E-state index contributed by atoms with van der Waals surface area (Å²) in [7, 11) is 0. The quantitative estimate of drug-likeness (QED) is 0.335. The molecule has 0 atom stereocenters. The first-order chi connectivity index (χ1) is 11.4. The van der Waals surface area contributed by atoms with Gasteiger partial charge in [-0.2, -0.15) is 0 Å². The van der Waals surface area contributed by atoms with E-state index in [-0.39, 0.29) is 18.2 Å². The molecule has 139 valence electrons. The number of rotatable bonds is 14. The highest BCUT2D eigenvalue weighted by molar-refractivity contribution is 9.07. The van der Waals surface area contributed by atoms with Gasteiger partial charge >= 0.3 is 5.97 Å². The molecule has 0 aromatic rings. The van der Waals surface area contributed by atoms with Crippen molar-refractivity contribution in [1.29, 1.82) is 0 Å². The van der Waals surface area contributed by atoms with Crippen LogP contribution in [0.2, 0.25) is 0 Å². The van der Waals surface area contributed by atoms with Crippen molar-refractivity contribution in [2.24, 2.45) is 0 Å². The summed E-state index contributed by atoms with van der Waals surface area (Å²) < 4.78 is 1.33. The van der Waals surface area contributed by atoms with E-state index < -0.39 is 5.97 Å². The summed E-state index contributed by atoms with van der Waals surface area (Å²) in [5, 5.41) is 11.3. The van der Waals surface area contributed by atoms with E-state index in [0.717, 1.165) is 44.9 Å². The van der Waals surface area contributed by atoms with E-state index in [9.17, 15) is 14.4 Å². The summed E-state index contributed by atoms with van der Waals surface area (Å²) in [4.78, 5) is 34.1. The van der Waals surface area contributed by atoms with Gasteiger partial charge in [-0.05, 0) is 26.2 Å². The van der Waals surface area contributed by atoms with Crippen LogP contribution < -0.4 is 5.32 Å². The van der Waals surface area contributed by atoms with Gasteiger partial charge in [-0.3, -0.25) is 14.4 Å². The summed E-state index contributed by atoms with van der Waals surface area (Å²) >= 11 is 3.20. The summed E-state index contributed by atoms with van der Waals surface area (Å²) in [5.41, 5.74) is 0. The first kappa shape index (κ1) is 22.9. The fourth-order valence-electron chi connectivity index (χ4n) is 2.22. The van der Waals surface area contributed by atoms with E-state index in [1.807, 2.05) is 0 Å². The monoisotopic (exact) mass is 405 g/mol. The summed E-state index contributed by atoms with van der Waals surface area (Å²) in [5.74, 6) is -0.924. The highest BCUT2D eigenvalue weighted by atomic mass is 79.9. The Labute approximate surface area is 153 Å². The van der Waals surface area contributed by atoms with Crippen molar-refractivity contribution in [3.05, 3.63) is 6.17 Å². The minimum Gasteiger partial charge on any atom is -0.481 e. The predicted octanol–water partition coefficient (Wildman–Crippen LogP) is 4.15. The van der Waals surface area contributed by atoms with Crippen LogP contribution in [0.15, 0.2) is 0 Å². The lowest BCUT2D eigenvalue weighted by Gasteiger charge is -2.22. The molecule has 24 heavy (non-hydrogen) atoms. The topological polar surface area (TPSA) is 86.7 Å². The average Bonchev–Trinajstić information content (AvgIpc) is 2.52. The second kappa shape index (κ2) is 14.3. The second-order valence-corrected chi connectivity index (χ2v) is 6.64. The number of carboxylic acids is 1. The zero-order valence-corrected chi connectivity index (χ0v) is 16.4. The summed E-state index contributed by atoms with van der Waals surface area (Å²) in [6, 6.07) is 0. The molecule has 7 heteroatoms. The largest absolute Gasteiger partial charge is 0.481 e. The van der Waals surface area contributed by atoms with Gasteiger partial charge in [-0.15, -0.1) is 0 Å². The Morgan fingerprint density at radius 2 is 1.46 bits per heavy atom. The lowest BCUT2D eigenvalue weighted by Crippen LogP contribution is -2.37. The molecule has 0 aliphatic heterocycles. The van der Waals surface area contributed by atoms with Crippen molar-refractivity contribution < 1.29 is 19.5 Å². The fraction of sp³-hybridized carbons (Fsp3) is 0.765. The van der Waals surface area contributed by atoms with Gasteiger partial charge in [-0.1, -0.05) is 39.0 Å². The maximum Gasteiger partial charge on any atom is 0.303 e. The molecular formula is C17H30BrN2O4. The SMILES string of the molecule is CCCCCC(=O)N(Br)[C](C)NC(=O)CCCCCCCC(=O)O. The number of hydrogen-bond acceptors (Lipinski definition) is 3. The predicted molar refractivity (Wildman–Crippen MR) is 96.9 cm³/mol. The van der Waals surface area contributed by atoms with Gasteiger partial charge in [0.25, 0.3) is 0 Å². The summed E-state index contributed by atoms with van der Waals surface area (Å²) in [6.07, 6.45) is 8.65. The Kier molecular flexibility index (Phi) is 13.6. The van der Waals surface area contributed by atoms with Crippen LogP contribution in [0.25, 0.3) is 0 Å². The summed E-state index contributed by atoms with van der Waals surface area (Å²) in [6.45, 7) is 3.77. The van der Waals surface area contributed by atoms with Gasteiger partial charge in [0.1, 0.15) is 0 Å². The maximum atomic E-state index is 11.9. The zero-order chi connectivity index (χ0) is 18.4. The lowest BCUT2D eigenvalue weighted by atomic mass is 10.1. The van der Waals surface area contributed by atoms with Crippen LogP contribution in [0.1, 0.15) is 84.5 Å². The van der Waals surface area contributed by atoms with Crippen LogP contribution >= 0.6 is 16.1 Å². The normalized spacial score (nSPS) is 10.7. The van der Waals surface area contributed by atoms with Crippen molar-refractivity contribution in [3.8, 4) is 0 Å². The minimum absolute atomic E-state index is 0.0559. The number of halogens is 1. The Balaban J connectivity index is 3.77. The second-order valence-electron chi connectivity index (χ2n) is 5.93. The van der Waals surface area contributed by atoms with Crippen molar-refractivity contribution in [3.63, 3.8) is 0 Å². The number of hydrogen-bond donors (Lipinski definition) is 2. The number of carboxylic acid groups (broad SMARTS) is 1. The molecular weight excluding hydrogens is 376 g/mol. The van der Waals surface area contributed by atoms with Gasteiger partial charge < -0.3 is 10.4 Å². The van der Waals surface area contributed by atoms with E-state index >= 15 is 0 Å². The lowest BCUT2D eigenvalue weighted by molar-refractivity contribution is -0.137. The number of amides is 2. The molecule has 0 spiro atoms. The van der Waals surface area contributed by atoms with Crippen molar-refractivity contribution in [1.82, 2.24) is 9.24 Å². The number of nitrogens with one attached hydrogen (secondary N) is 1. The van der Waals surface area contributed by atoms with Crippen LogP contribution in [0.5, 0.6) is 0 Å². The molecule has 0 bridgehead atoms. The highest BCUT2D eigenvalue weighted by Crippen LogP contribution is 2.15. The van der Waals surface area contributed by atoms with Crippen molar-refractivity contribution >= 4 is 33.9 Å². The van der Waals surface area contributed by atoms with Crippen molar-refractivity contribution in [2.75, 3.05) is 0 Å². The van der Waals surface area contributed by atoms with Crippen LogP contribution in [-0.2, 0) is 14.4 Å². The van der Waals surface area contributed by atoms with Gasteiger partial charge in [-0.25, -0.2) is 3.93 Å². The smallest absolute Gasteiger partial charge is 0.303 e. The van der Waals surface area contributed by atoms with Gasteiger partial charge in [0.15, 0.2) is 6.17 Å².